The first-order valence-electron chi connectivity index (χ1n) is 9.86. The van der Waals surface area contributed by atoms with Crippen LogP contribution in [-0.4, -0.2) is 0 Å². The van der Waals surface area contributed by atoms with Gasteiger partial charge in [-0.2, -0.15) is 0 Å². The van der Waals surface area contributed by atoms with Crippen LogP contribution in [0.1, 0.15) is 68.6 Å². The van der Waals surface area contributed by atoms with Crippen LogP contribution < -0.4 is 4.74 Å². The highest BCUT2D eigenvalue weighted by Gasteiger charge is 2.18. The van der Waals surface area contributed by atoms with E-state index in [9.17, 15) is 0 Å². The predicted octanol–water partition coefficient (Wildman–Crippen LogP) is 6.96. The van der Waals surface area contributed by atoms with Crippen LogP contribution in [0.5, 0.6) is 5.75 Å². The van der Waals surface area contributed by atoms with Gasteiger partial charge in [-0.05, 0) is 42.0 Å². The van der Waals surface area contributed by atoms with E-state index in [1.54, 1.807) is 0 Å². The minimum absolute atomic E-state index is 0.640. The van der Waals surface area contributed by atoms with Crippen LogP contribution in [0.15, 0.2) is 54.6 Å². The molecule has 2 aromatic carbocycles. The quantitative estimate of drug-likeness (QED) is 0.427. The molecule has 2 aromatic rings. The van der Waals surface area contributed by atoms with Crippen molar-refractivity contribution in [1.29, 1.82) is 0 Å². The molecule has 0 saturated heterocycles. The number of ether oxygens (including phenoxy) is 1. The van der Waals surface area contributed by atoms with Gasteiger partial charge >= 0.3 is 0 Å². The molecule has 0 saturated carbocycles. The fourth-order valence-electron chi connectivity index (χ4n) is 3.62. The summed E-state index contributed by atoms with van der Waals surface area (Å²) in [4.78, 5) is 0. The average Bonchev–Trinajstić information content (AvgIpc) is 3.07. The zero-order valence-electron chi connectivity index (χ0n) is 15.5. The first kappa shape index (κ1) is 17.8. The van der Waals surface area contributed by atoms with E-state index in [0.717, 1.165) is 12.2 Å². The summed E-state index contributed by atoms with van der Waals surface area (Å²) in [6.07, 6.45) is 12.8. The molecule has 132 valence electrons. The third kappa shape index (κ3) is 4.98. The van der Waals surface area contributed by atoms with Crippen molar-refractivity contribution in [2.45, 2.75) is 64.9 Å². The molecule has 0 aliphatic heterocycles. The number of unbranched alkanes of at least 4 members (excludes halogenated alkanes) is 5. The highest BCUT2D eigenvalue weighted by atomic mass is 16.5. The minimum Gasteiger partial charge on any atom is -0.488 e. The number of rotatable bonds is 10. The van der Waals surface area contributed by atoms with Crippen LogP contribution in [0.25, 0.3) is 5.57 Å². The molecule has 1 heteroatoms. The summed E-state index contributed by atoms with van der Waals surface area (Å²) in [5.41, 5.74) is 5.51. The first-order chi connectivity index (χ1) is 12.4. The molecule has 1 aliphatic rings. The van der Waals surface area contributed by atoms with Crippen LogP contribution in [0, 0.1) is 0 Å². The Kier molecular flexibility index (Phi) is 6.73. The van der Waals surface area contributed by atoms with Crippen molar-refractivity contribution in [1.82, 2.24) is 0 Å². The SMILES string of the molecule is CCCCCCCCC1=CCc2cccc(OCc3ccccc3)c21. The molecule has 0 heterocycles. The second-order valence-electron chi connectivity index (χ2n) is 7.02. The van der Waals surface area contributed by atoms with Gasteiger partial charge in [-0.1, -0.05) is 87.6 Å². The number of allylic oxidation sites excluding steroid dienone is 2. The molecule has 0 aromatic heterocycles. The Balaban J connectivity index is 1.58. The van der Waals surface area contributed by atoms with Crippen LogP contribution >= 0.6 is 0 Å². The largest absolute Gasteiger partial charge is 0.488 e. The molecule has 1 nitrogen and oxygen atoms in total. The minimum atomic E-state index is 0.640. The Morgan fingerprint density at radius 1 is 0.840 bits per heavy atom. The monoisotopic (exact) mass is 334 g/mol. The van der Waals surface area contributed by atoms with Gasteiger partial charge in [-0.3, -0.25) is 0 Å². The summed E-state index contributed by atoms with van der Waals surface area (Å²) in [5.74, 6) is 1.05. The second-order valence-corrected chi connectivity index (χ2v) is 7.02. The van der Waals surface area contributed by atoms with Crippen molar-refractivity contribution in [3.05, 3.63) is 71.3 Å². The molecular weight excluding hydrogens is 304 g/mol. The van der Waals surface area contributed by atoms with Gasteiger partial charge in [0.25, 0.3) is 0 Å². The van der Waals surface area contributed by atoms with Gasteiger partial charge in [0.1, 0.15) is 12.4 Å². The zero-order chi connectivity index (χ0) is 17.3. The third-order valence-corrected chi connectivity index (χ3v) is 5.04. The maximum atomic E-state index is 6.18. The van der Waals surface area contributed by atoms with E-state index >= 15 is 0 Å². The summed E-state index contributed by atoms with van der Waals surface area (Å²) < 4.78 is 6.18. The van der Waals surface area contributed by atoms with Gasteiger partial charge in [-0.15, -0.1) is 0 Å². The van der Waals surface area contributed by atoms with E-state index in [-0.39, 0.29) is 0 Å². The number of fused-ring (bicyclic) bond motifs is 1. The predicted molar refractivity (Wildman–Crippen MR) is 107 cm³/mol. The Hall–Kier alpha value is -2.02. The Labute approximate surface area is 152 Å². The Morgan fingerprint density at radius 2 is 1.64 bits per heavy atom. The van der Waals surface area contributed by atoms with E-state index in [1.165, 1.54) is 67.2 Å². The average molecular weight is 335 g/mol. The molecule has 0 N–H and O–H groups in total. The molecule has 1 aliphatic carbocycles. The number of benzene rings is 2. The maximum absolute atomic E-state index is 6.18. The van der Waals surface area contributed by atoms with Crippen molar-refractivity contribution in [2.75, 3.05) is 0 Å². The molecule has 3 rings (SSSR count). The smallest absolute Gasteiger partial charge is 0.127 e. The molecule has 0 amide bonds. The first-order valence-corrected chi connectivity index (χ1v) is 9.86. The molecule has 0 radical (unpaired) electrons. The van der Waals surface area contributed by atoms with E-state index < -0.39 is 0 Å². The van der Waals surface area contributed by atoms with Crippen LogP contribution in [0.4, 0.5) is 0 Å². The van der Waals surface area contributed by atoms with Gasteiger partial charge in [0.2, 0.25) is 0 Å². The summed E-state index contributed by atoms with van der Waals surface area (Å²) in [6.45, 7) is 2.92. The summed E-state index contributed by atoms with van der Waals surface area (Å²) in [5, 5.41) is 0. The lowest BCUT2D eigenvalue weighted by Crippen LogP contribution is -1.99. The number of hydrogen-bond acceptors (Lipinski definition) is 1. The fraction of sp³-hybridized carbons (Fsp3) is 0.417. The lowest BCUT2D eigenvalue weighted by molar-refractivity contribution is 0.305. The highest BCUT2D eigenvalue weighted by Crippen LogP contribution is 2.38. The lowest BCUT2D eigenvalue weighted by atomic mass is 9.99. The molecule has 0 bridgehead atoms. The topological polar surface area (TPSA) is 9.23 Å². The van der Waals surface area contributed by atoms with Gasteiger partial charge in [-0.25, -0.2) is 0 Å². The van der Waals surface area contributed by atoms with Crippen molar-refractivity contribution < 1.29 is 4.74 Å². The zero-order valence-corrected chi connectivity index (χ0v) is 15.5. The lowest BCUT2D eigenvalue weighted by Gasteiger charge is -2.14. The summed E-state index contributed by atoms with van der Waals surface area (Å²) >= 11 is 0. The summed E-state index contributed by atoms with van der Waals surface area (Å²) in [6, 6.07) is 16.9. The van der Waals surface area contributed by atoms with E-state index in [1.807, 2.05) is 6.07 Å². The molecule has 0 spiro atoms. The molecule has 0 atom stereocenters. The number of hydrogen-bond donors (Lipinski definition) is 0. The van der Waals surface area contributed by atoms with E-state index in [4.69, 9.17) is 4.74 Å². The second kappa shape index (κ2) is 9.46. The normalized spacial score (nSPS) is 12.8. The van der Waals surface area contributed by atoms with Gasteiger partial charge in [0, 0.05) is 5.56 Å². The maximum Gasteiger partial charge on any atom is 0.127 e. The molecule has 25 heavy (non-hydrogen) atoms. The molecule has 0 fully saturated rings. The van der Waals surface area contributed by atoms with Gasteiger partial charge in [0.05, 0.1) is 0 Å². The van der Waals surface area contributed by atoms with Gasteiger partial charge < -0.3 is 4.74 Å². The van der Waals surface area contributed by atoms with Crippen LogP contribution in [0.3, 0.4) is 0 Å². The van der Waals surface area contributed by atoms with Crippen LogP contribution in [-0.2, 0) is 13.0 Å². The van der Waals surface area contributed by atoms with Crippen molar-refractivity contribution >= 4 is 5.57 Å². The molecule has 0 unspecified atom stereocenters. The van der Waals surface area contributed by atoms with Gasteiger partial charge in [0.15, 0.2) is 0 Å². The standard InChI is InChI=1S/C24H30O/c1-2-3-4-5-6-10-14-21-17-18-22-15-11-16-23(24(21)22)25-19-20-12-8-7-9-13-20/h7-9,11-13,15-17H,2-6,10,14,18-19H2,1H3. The van der Waals surface area contributed by atoms with Crippen LogP contribution in [0.2, 0.25) is 0 Å². The van der Waals surface area contributed by atoms with E-state index in [0.29, 0.717) is 6.61 Å². The third-order valence-electron chi connectivity index (χ3n) is 5.04. The van der Waals surface area contributed by atoms with Crippen molar-refractivity contribution in [3.8, 4) is 5.75 Å². The summed E-state index contributed by atoms with van der Waals surface area (Å²) in [7, 11) is 0. The van der Waals surface area contributed by atoms with Crippen molar-refractivity contribution in [3.63, 3.8) is 0 Å². The highest BCUT2D eigenvalue weighted by molar-refractivity contribution is 5.77. The molecular formula is C24H30O. The Morgan fingerprint density at radius 3 is 2.48 bits per heavy atom. The van der Waals surface area contributed by atoms with E-state index in [2.05, 4.69) is 55.5 Å². The Bertz CT molecular complexity index is 684. The fourth-order valence-corrected chi connectivity index (χ4v) is 3.62. The van der Waals surface area contributed by atoms with Crippen molar-refractivity contribution in [2.24, 2.45) is 0 Å².